The number of anilines is 1. The number of aromatic nitrogens is 1. The Morgan fingerprint density at radius 3 is 2.36 bits per heavy atom. The molecular weight excluding hydrogens is 176 g/mol. The van der Waals surface area contributed by atoms with E-state index in [0.29, 0.717) is 5.82 Å². The van der Waals surface area contributed by atoms with Crippen molar-refractivity contribution < 1.29 is 5.11 Å². The number of pyridine rings is 1. The minimum absolute atomic E-state index is 0.264. The second kappa shape index (κ2) is 3.58. The van der Waals surface area contributed by atoms with Gasteiger partial charge in [0, 0.05) is 5.56 Å². The molecule has 0 amide bonds. The van der Waals surface area contributed by atoms with Crippen molar-refractivity contribution >= 4 is 5.82 Å². The van der Waals surface area contributed by atoms with Crippen LogP contribution in [0.1, 0.15) is 44.9 Å². The van der Waals surface area contributed by atoms with E-state index in [2.05, 4.69) is 4.98 Å². The summed E-state index contributed by atoms with van der Waals surface area (Å²) < 4.78 is 0. The zero-order valence-corrected chi connectivity index (χ0v) is 9.20. The van der Waals surface area contributed by atoms with E-state index >= 15 is 0 Å². The number of aliphatic hydroxyl groups is 1. The van der Waals surface area contributed by atoms with Gasteiger partial charge in [-0.05, 0) is 25.8 Å². The fourth-order valence-electron chi connectivity index (χ4n) is 1.45. The van der Waals surface area contributed by atoms with Gasteiger partial charge in [-0.2, -0.15) is 0 Å². The molecule has 3 heteroatoms. The molecule has 0 aliphatic carbocycles. The summed E-state index contributed by atoms with van der Waals surface area (Å²) in [5, 5.41) is 9.93. The third-order valence-corrected chi connectivity index (χ3v) is 2.15. The minimum Gasteiger partial charge on any atom is -0.386 e. The lowest BCUT2D eigenvalue weighted by Gasteiger charge is -2.22. The summed E-state index contributed by atoms with van der Waals surface area (Å²) in [6, 6.07) is 3.57. The van der Waals surface area contributed by atoms with E-state index in [1.807, 2.05) is 19.9 Å². The third-order valence-electron chi connectivity index (χ3n) is 2.15. The lowest BCUT2D eigenvalue weighted by molar-refractivity contribution is 0.0769. The van der Waals surface area contributed by atoms with Crippen LogP contribution < -0.4 is 5.73 Å². The molecule has 0 spiro atoms. The summed E-state index contributed by atoms with van der Waals surface area (Å²) >= 11 is 0. The van der Waals surface area contributed by atoms with Crippen molar-refractivity contribution in [1.82, 2.24) is 4.98 Å². The van der Waals surface area contributed by atoms with Gasteiger partial charge in [0.1, 0.15) is 5.82 Å². The fourth-order valence-corrected chi connectivity index (χ4v) is 1.45. The topological polar surface area (TPSA) is 59.1 Å². The summed E-state index contributed by atoms with van der Waals surface area (Å²) in [7, 11) is 0. The highest BCUT2D eigenvalue weighted by atomic mass is 16.3. The number of nitrogens with zero attached hydrogens (tertiary/aromatic N) is 1. The van der Waals surface area contributed by atoms with Gasteiger partial charge in [-0.25, -0.2) is 4.98 Å². The van der Waals surface area contributed by atoms with Gasteiger partial charge in [0.2, 0.25) is 0 Å². The molecule has 0 aliphatic rings. The smallest absolute Gasteiger partial charge is 0.123 e. The normalized spacial score (nSPS) is 12.1. The average molecular weight is 194 g/mol. The van der Waals surface area contributed by atoms with Crippen LogP contribution in [0.5, 0.6) is 0 Å². The Labute approximate surface area is 85.0 Å². The first-order valence-corrected chi connectivity index (χ1v) is 4.81. The molecule has 0 unspecified atom stereocenters. The summed E-state index contributed by atoms with van der Waals surface area (Å²) in [4.78, 5) is 4.26. The van der Waals surface area contributed by atoms with E-state index in [9.17, 15) is 5.11 Å². The molecule has 0 aromatic carbocycles. The predicted molar refractivity (Wildman–Crippen MR) is 58.0 cm³/mol. The number of nitrogen functional groups attached to an aromatic ring is 1. The Hall–Kier alpha value is -1.09. The van der Waals surface area contributed by atoms with E-state index in [1.54, 1.807) is 19.9 Å². The molecule has 0 fully saturated rings. The Bertz CT molecular complexity index is 327. The lowest BCUT2D eigenvalue weighted by Crippen LogP contribution is -2.20. The van der Waals surface area contributed by atoms with Gasteiger partial charge < -0.3 is 10.8 Å². The molecule has 0 saturated heterocycles. The summed E-state index contributed by atoms with van der Waals surface area (Å²) in [6.45, 7) is 7.59. The summed E-state index contributed by atoms with van der Waals surface area (Å²) in [6.07, 6.45) is 0. The van der Waals surface area contributed by atoms with Crippen LogP contribution in [0.4, 0.5) is 5.82 Å². The van der Waals surface area contributed by atoms with Crippen molar-refractivity contribution in [3.05, 3.63) is 23.4 Å². The highest BCUT2D eigenvalue weighted by molar-refractivity contribution is 5.37. The van der Waals surface area contributed by atoms with Crippen LogP contribution in [0.2, 0.25) is 0 Å². The van der Waals surface area contributed by atoms with Crippen molar-refractivity contribution in [3.63, 3.8) is 0 Å². The molecule has 3 nitrogen and oxygen atoms in total. The Balaban J connectivity index is 3.29. The van der Waals surface area contributed by atoms with Gasteiger partial charge in [-0.3, -0.25) is 0 Å². The maximum atomic E-state index is 9.93. The first-order chi connectivity index (χ1) is 6.32. The van der Waals surface area contributed by atoms with Gasteiger partial charge in [0.05, 0.1) is 11.3 Å². The maximum Gasteiger partial charge on any atom is 0.123 e. The second-order valence-electron chi connectivity index (χ2n) is 4.38. The predicted octanol–water partition coefficient (Wildman–Crippen LogP) is 2.01. The Morgan fingerprint density at radius 1 is 1.36 bits per heavy atom. The first-order valence-electron chi connectivity index (χ1n) is 4.81. The van der Waals surface area contributed by atoms with Crippen LogP contribution in [0.25, 0.3) is 0 Å². The molecule has 78 valence electrons. The van der Waals surface area contributed by atoms with Crippen molar-refractivity contribution in [2.45, 2.75) is 39.2 Å². The molecule has 0 saturated carbocycles. The molecule has 0 bridgehead atoms. The van der Waals surface area contributed by atoms with Crippen molar-refractivity contribution in [3.8, 4) is 0 Å². The quantitative estimate of drug-likeness (QED) is 0.757. The van der Waals surface area contributed by atoms with E-state index < -0.39 is 5.60 Å². The number of hydrogen-bond donors (Lipinski definition) is 2. The van der Waals surface area contributed by atoms with Crippen LogP contribution in [0.15, 0.2) is 12.1 Å². The van der Waals surface area contributed by atoms with Gasteiger partial charge in [0.15, 0.2) is 0 Å². The van der Waals surface area contributed by atoms with E-state index in [-0.39, 0.29) is 5.92 Å². The minimum atomic E-state index is -0.861. The Kier molecular flexibility index (Phi) is 2.81. The highest BCUT2D eigenvalue weighted by Crippen LogP contribution is 2.27. The molecule has 1 aromatic heterocycles. The largest absolute Gasteiger partial charge is 0.386 e. The summed E-state index contributed by atoms with van der Waals surface area (Å²) in [5.74, 6) is 0.765. The Morgan fingerprint density at radius 2 is 1.93 bits per heavy atom. The van der Waals surface area contributed by atoms with E-state index in [4.69, 9.17) is 5.73 Å². The zero-order valence-electron chi connectivity index (χ0n) is 9.20. The monoisotopic (exact) mass is 194 g/mol. The number of hydrogen-bond acceptors (Lipinski definition) is 3. The SMILES string of the molecule is CC(C)c1nc(N)ccc1C(C)(C)O. The van der Waals surface area contributed by atoms with Gasteiger partial charge in [-0.1, -0.05) is 19.9 Å². The van der Waals surface area contributed by atoms with Crippen molar-refractivity contribution in [1.29, 1.82) is 0 Å². The fraction of sp³-hybridized carbons (Fsp3) is 0.545. The van der Waals surface area contributed by atoms with E-state index in [1.165, 1.54) is 0 Å². The van der Waals surface area contributed by atoms with Crippen LogP contribution in [0, 0.1) is 0 Å². The van der Waals surface area contributed by atoms with Crippen LogP contribution in [0.3, 0.4) is 0 Å². The molecule has 14 heavy (non-hydrogen) atoms. The van der Waals surface area contributed by atoms with Crippen LogP contribution in [-0.4, -0.2) is 10.1 Å². The van der Waals surface area contributed by atoms with E-state index in [0.717, 1.165) is 11.3 Å². The average Bonchev–Trinajstić information content (AvgIpc) is 2.01. The van der Waals surface area contributed by atoms with Gasteiger partial charge in [-0.15, -0.1) is 0 Å². The van der Waals surface area contributed by atoms with Crippen molar-refractivity contribution in [2.24, 2.45) is 0 Å². The standard InChI is InChI=1S/C11H18N2O/c1-7(2)10-8(11(3,4)14)5-6-9(12)13-10/h5-7,14H,1-4H3,(H2,12,13). The second-order valence-corrected chi connectivity index (χ2v) is 4.38. The van der Waals surface area contributed by atoms with Gasteiger partial charge in [0.25, 0.3) is 0 Å². The van der Waals surface area contributed by atoms with Crippen LogP contribution in [-0.2, 0) is 5.60 Å². The highest BCUT2D eigenvalue weighted by Gasteiger charge is 2.22. The molecular formula is C11H18N2O. The van der Waals surface area contributed by atoms with Crippen LogP contribution >= 0.6 is 0 Å². The summed E-state index contributed by atoms with van der Waals surface area (Å²) in [5.41, 5.74) is 6.48. The zero-order chi connectivity index (χ0) is 10.9. The third kappa shape index (κ3) is 2.23. The first kappa shape index (κ1) is 11.0. The molecule has 0 atom stereocenters. The van der Waals surface area contributed by atoms with Gasteiger partial charge >= 0.3 is 0 Å². The number of rotatable bonds is 2. The molecule has 3 N–H and O–H groups in total. The lowest BCUT2D eigenvalue weighted by atomic mass is 9.92. The molecule has 0 radical (unpaired) electrons. The molecule has 0 aliphatic heterocycles. The molecule has 1 heterocycles. The maximum absolute atomic E-state index is 9.93. The number of nitrogens with two attached hydrogens (primary N) is 1. The molecule has 1 rings (SSSR count). The molecule has 1 aromatic rings. The van der Waals surface area contributed by atoms with Crippen molar-refractivity contribution in [2.75, 3.05) is 5.73 Å².